The molecule has 1 amide bonds. The highest BCUT2D eigenvalue weighted by Gasteiger charge is 2.23. The molecule has 24 heavy (non-hydrogen) atoms. The van der Waals surface area contributed by atoms with Crippen LogP contribution < -0.4 is 5.32 Å². The zero-order valence-corrected chi connectivity index (χ0v) is 14.9. The quantitative estimate of drug-likeness (QED) is 0.790. The van der Waals surface area contributed by atoms with Gasteiger partial charge in [0.05, 0.1) is 11.6 Å². The van der Waals surface area contributed by atoms with Crippen molar-refractivity contribution in [2.24, 2.45) is 7.05 Å². The third kappa shape index (κ3) is 3.07. The second kappa shape index (κ2) is 6.52. The first-order chi connectivity index (χ1) is 11.5. The van der Waals surface area contributed by atoms with Gasteiger partial charge < -0.3 is 5.32 Å². The molecule has 0 radical (unpaired) electrons. The van der Waals surface area contributed by atoms with E-state index in [-0.39, 0.29) is 11.8 Å². The first-order valence-corrected chi connectivity index (χ1v) is 8.44. The molecular formula is C17H19N5OS. The molecule has 7 heteroatoms. The molecule has 6 nitrogen and oxygen atoms in total. The van der Waals surface area contributed by atoms with Gasteiger partial charge in [0.25, 0.3) is 0 Å². The minimum absolute atomic E-state index is 0.107. The van der Waals surface area contributed by atoms with Gasteiger partial charge in [0.1, 0.15) is 0 Å². The summed E-state index contributed by atoms with van der Waals surface area (Å²) in [6.45, 7) is 5.77. The predicted molar refractivity (Wildman–Crippen MR) is 95.1 cm³/mol. The minimum Gasteiger partial charge on any atom is -0.300 e. The van der Waals surface area contributed by atoms with E-state index in [1.807, 2.05) is 58.2 Å². The number of carbonyl (C=O) groups excluding carboxylic acids is 1. The number of hydrogen-bond acceptors (Lipinski definition) is 5. The first-order valence-electron chi connectivity index (χ1n) is 7.67. The van der Waals surface area contributed by atoms with E-state index in [4.69, 9.17) is 0 Å². The fraction of sp³-hybridized carbons (Fsp3) is 0.294. The van der Waals surface area contributed by atoms with Gasteiger partial charge in [-0.1, -0.05) is 30.3 Å². The predicted octanol–water partition coefficient (Wildman–Crippen LogP) is 3.30. The average Bonchev–Trinajstić information content (AvgIpc) is 3.13. The van der Waals surface area contributed by atoms with Crippen LogP contribution >= 0.6 is 11.5 Å². The monoisotopic (exact) mass is 341 g/mol. The number of rotatable bonds is 4. The van der Waals surface area contributed by atoms with E-state index in [1.165, 1.54) is 11.5 Å². The average molecular weight is 341 g/mol. The Morgan fingerprint density at radius 2 is 1.96 bits per heavy atom. The smallest absolute Gasteiger partial charge is 0.233 e. The third-order valence-corrected chi connectivity index (χ3v) is 4.71. The molecule has 0 saturated heterocycles. The van der Waals surface area contributed by atoms with Gasteiger partial charge in [0.2, 0.25) is 11.0 Å². The standard InChI is InChI=1S/C17H19N5OS/c1-10(14-11(2)20-22(4)12(14)3)16(23)19-17-18-15(21-24-17)13-8-6-5-7-9-13/h5-10H,1-4H3,(H,18,19,21,23)/t10-/m1/s1. The lowest BCUT2D eigenvalue weighted by molar-refractivity contribution is -0.117. The van der Waals surface area contributed by atoms with E-state index >= 15 is 0 Å². The van der Waals surface area contributed by atoms with Crippen molar-refractivity contribution in [2.75, 3.05) is 5.32 Å². The van der Waals surface area contributed by atoms with Gasteiger partial charge in [-0.05, 0) is 20.8 Å². The second-order valence-electron chi connectivity index (χ2n) is 5.71. The molecule has 0 aliphatic heterocycles. The summed E-state index contributed by atoms with van der Waals surface area (Å²) >= 11 is 1.19. The number of amides is 1. The topological polar surface area (TPSA) is 72.7 Å². The first kappa shape index (κ1) is 16.3. The van der Waals surface area contributed by atoms with Crippen LogP contribution in [0, 0.1) is 13.8 Å². The molecule has 124 valence electrons. The van der Waals surface area contributed by atoms with Gasteiger partial charge >= 0.3 is 0 Å². The summed E-state index contributed by atoms with van der Waals surface area (Å²) in [7, 11) is 1.88. The lowest BCUT2D eigenvalue weighted by Gasteiger charge is -2.11. The van der Waals surface area contributed by atoms with Gasteiger partial charge in [0, 0.05) is 35.4 Å². The fourth-order valence-corrected chi connectivity index (χ4v) is 3.33. The van der Waals surface area contributed by atoms with Crippen molar-refractivity contribution in [3.63, 3.8) is 0 Å². The number of aryl methyl sites for hydroxylation is 2. The Balaban J connectivity index is 1.77. The van der Waals surface area contributed by atoms with Crippen molar-refractivity contribution in [3.8, 4) is 11.4 Å². The number of hydrogen-bond donors (Lipinski definition) is 1. The lowest BCUT2D eigenvalue weighted by atomic mass is 9.98. The van der Waals surface area contributed by atoms with Gasteiger partial charge in [-0.3, -0.25) is 9.48 Å². The molecule has 0 spiro atoms. The molecule has 0 fully saturated rings. The number of carbonyl (C=O) groups is 1. The van der Waals surface area contributed by atoms with Crippen molar-refractivity contribution in [3.05, 3.63) is 47.3 Å². The Bertz CT molecular complexity index is 868. The molecule has 2 heterocycles. The molecule has 0 saturated carbocycles. The Morgan fingerprint density at radius 1 is 1.25 bits per heavy atom. The van der Waals surface area contributed by atoms with Crippen LogP contribution in [0.2, 0.25) is 0 Å². The maximum atomic E-state index is 12.6. The van der Waals surface area contributed by atoms with E-state index in [0.717, 1.165) is 22.5 Å². The van der Waals surface area contributed by atoms with Crippen molar-refractivity contribution in [1.82, 2.24) is 19.1 Å². The van der Waals surface area contributed by atoms with Gasteiger partial charge in [-0.15, -0.1) is 0 Å². The minimum atomic E-state index is -0.303. The van der Waals surface area contributed by atoms with Crippen LogP contribution in [-0.4, -0.2) is 25.0 Å². The highest BCUT2D eigenvalue weighted by atomic mass is 32.1. The lowest BCUT2D eigenvalue weighted by Crippen LogP contribution is -2.19. The van der Waals surface area contributed by atoms with Crippen LogP contribution in [0.25, 0.3) is 11.4 Å². The maximum absolute atomic E-state index is 12.6. The summed E-state index contributed by atoms with van der Waals surface area (Å²) in [6, 6.07) is 9.70. The third-order valence-electron chi connectivity index (χ3n) is 4.08. The molecule has 3 rings (SSSR count). The van der Waals surface area contributed by atoms with Crippen LogP contribution in [-0.2, 0) is 11.8 Å². The van der Waals surface area contributed by atoms with Crippen LogP contribution in [0.5, 0.6) is 0 Å². The van der Waals surface area contributed by atoms with Gasteiger partial charge in [-0.2, -0.15) is 14.5 Å². The van der Waals surface area contributed by atoms with E-state index in [1.54, 1.807) is 4.68 Å². The zero-order chi connectivity index (χ0) is 17.3. The molecule has 2 aromatic heterocycles. The second-order valence-corrected chi connectivity index (χ2v) is 6.46. The Kier molecular flexibility index (Phi) is 4.44. The largest absolute Gasteiger partial charge is 0.300 e. The molecular weight excluding hydrogens is 322 g/mol. The Morgan fingerprint density at radius 3 is 2.58 bits per heavy atom. The summed E-state index contributed by atoms with van der Waals surface area (Å²) in [6.07, 6.45) is 0. The summed E-state index contributed by atoms with van der Waals surface area (Å²) in [5, 5.41) is 7.74. The number of benzene rings is 1. The highest BCUT2D eigenvalue weighted by Crippen LogP contribution is 2.26. The SMILES string of the molecule is Cc1nn(C)c(C)c1[C@@H](C)C(=O)Nc1nc(-c2ccccc2)ns1. The maximum Gasteiger partial charge on any atom is 0.233 e. The summed E-state index contributed by atoms with van der Waals surface area (Å²) in [4.78, 5) is 17.0. The number of anilines is 1. The summed E-state index contributed by atoms with van der Waals surface area (Å²) in [5.41, 5.74) is 3.77. The molecule has 1 atom stereocenters. The fourth-order valence-electron chi connectivity index (χ4n) is 2.74. The van der Waals surface area contributed by atoms with Crippen molar-refractivity contribution >= 4 is 22.6 Å². The van der Waals surface area contributed by atoms with Crippen molar-refractivity contribution in [1.29, 1.82) is 0 Å². The highest BCUT2D eigenvalue weighted by molar-refractivity contribution is 7.10. The van der Waals surface area contributed by atoms with Gasteiger partial charge in [0.15, 0.2) is 5.82 Å². The number of nitrogens with one attached hydrogen (secondary N) is 1. The van der Waals surface area contributed by atoms with Crippen LogP contribution in [0.3, 0.4) is 0 Å². The normalized spacial score (nSPS) is 12.2. The summed E-state index contributed by atoms with van der Waals surface area (Å²) < 4.78 is 6.11. The number of nitrogens with zero attached hydrogens (tertiary/aromatic N) is 4. The van der Waals surface area contributed by atoms with Crippen molar-refractivity contribution in [2.45, 2.75) is 26.7 Å². The molecule has 1 N–H and O–H groups in total. The molecule has 0 aliphatic rings. The van der Waals surface area contributed by atoms with E-state index in [2.05, 4.69) is 19.8 Å². The van der Waals surface area contributed by atoms with E-state index < -0.39 is 0 Å². The van der Waals surface area contributed by atoms with E-state index in [9.17, 15) is 4.79 Å². The van der Waals surface area contributed by atoms with Crippen LogP contribution in [0.4, 0.5) is 5.13 Å². The molecule has 3 aromatic rings. The van der Waals surface area contributed by atoms with Gasteiger partial charge in [-0.25, -0.2) is 0 Å². The summed E-state index contributed by atoms with van der Waals surface area (Å²) in [5.74, 6) is 0.213. The molecule has 0 bridgehead atoms. The number of aromatic nitrogens is 4. The molecule has 1 aromatic carbocycles. The molecule has 0 aliphatic carbocycles. The van der Waals surface area contributed by atoms with Crippen LogP contribution in [0.1, 0.15) is 29.8 Å². The Hall–Kier alpha value is -2.54. The zero-order valence-electron chi connectivity index (χ0n) is 14.1. The van der Waals surface area contributed by atoms with Crippen LogP contribution in [0.15, 0.2) is 30.3 Å². The van der Waals surface area contributed by atoms with Crippen molar-refractivity contribution < 1.29 is 4.79 Å². The Labute approximate surface area is 144 Å². The van der Waals surface area contributed by atoms with E-state index in [0.29, 0.717) is 11.0 Å². The molecule has 0 unspecified atom stereocenters.